The van der Waals surface area contributed by atoms with Crippen LogP contribution in [0.1, 0.15) is 25.0 Å². The molecule has 0 aromatic heterocycles. The van der Waals surface area contributed by atoms with E-state index in [9.17, 15) is 9.59 Å². The Bertz CT molecular complexity index is 660. The van der Waals surface area contributed by atoms with E-state index in [-0.39, 0.29) is 12.5 Å². The standard InChI is InChI=1S/C13H17NO4.C7H8N/c1-9(2)11(12(15)16)14-13(17)18-8-10-6-4-3-5-7-10;8-6-7-4-2-1-3-5-7/h3-7,9,11H,8H2,1-2H3,(H,14,17)(H,15,16);1-5,8H,6H2/q;-1/t11-;/m0./s1. The molecular weight excluding hydrogens is 332 g/mol. The van der Waals surface area contributed by atoms with Crippen LogP contribution in [0.2, 0.25) is 0 Å². The van der Waals surface area contributed by atoms with E-state index in [0.29, 0.717) is 6.54 Å². The van der Waals surface area contributed by atoms with E-state index < -0.39 is 18.1 Å². The van der Waals surface area contributed by atoms with Crippen LogP contribution < -0.4 is 5.32 Å². The summed E-state index contributed by atoms with van der Waals surface area (Å²) in [4.78, 5) is 22.3. The van der Waals surface area contributed by atoms with E-state index in [4.69, 9.17) is 15.6 Å². The molecule has 0 spiro atoms. The van der Waals surface area contributed by atoms with Crippen LogP contribution in [0.3, 0.4) is 0 Å². The van der Waals surface area contributed by atoms with Gasteiger partial charge in [0.1, 0.15) is 12.6 Å². The predicted octanol–water partition coefficient (Wildman–Crippen LogP) is 4.26. The van der Waals surface area contributed by atoms with Crippen molar-refractivity contribution in [2.24, 2.45) is 5.92 Å². The number of benzene rings is 2. The number of nitrogens with one attached hydrogen (secondary N) is 2. The van der Waals surface area contributed by atoms with E-state index >= 15 is 0 Å². The molecule has 0 unspecified atom stereocenters. The molecule has 0 bridgehead atoms. The van der Waals surface area contributed by atoms with Gasteiger partial charge in [-0.3, -0.25) is 0 Å². The van der Waals surface area contributed by atoms with Gasteiger partial charge in [0.15, 0.2) is 0 Å². The van der Waals surface area contributed by atoms with Crippen molar-refractivity contribution in [1.82, 2.24) is 5.32 Å². The summed E-state index contributed by atoms with van der Waals surface area (Å²) in [6, 6.07) is 18.0. The summed E-state index contributed by atoms with van der Waals surface area (Å²) in [5, 5.41) is 11.2. The van der Waals surface area contributed by atoms with Gasteiger partial charge in [0.25, 0.3) is 0 Å². The Morgan fingerprint density at radius 1 is 1.00 bits per heavy atom. The first-order chi connectivity index (χ1) is 12.4. The first kappa shape index (κ1) is 21.2. The number of alkyl carbamates (subject to hydrolysis) is 1. The van der Waals surface area contributed by atoms with E-state index in [0.717, 1.165) is 11.1 Å². The molecule has 2 rings (SSSR count). The summed E-state index contributed by atoms with van der Waals surface area (Å²) >= 11 is 0. The molecule has 0 fully saturated rings. The molecule has 3 N–H and O–H groups in total. The van der Waals surface area contributed by atoms with Crippen LogP contribution in [-0.4, -0.2) is 23.2 Å². The zero-order valence-electron chi connectivity index (χ0n) is 15.0. The number of carbonyl (C=O) groups excluding carboxylic acids is 1. The van der Waals surface area contributed by atoms with Gasteiger partial charge in [-0.25, -0.2) is 9.59 Å². The summed E-state index contributed by atoms with van der Waals surface area (Å²) < 4.78 is 4.95. The Labute approximate surface area is 154 Å². The monoisotopic (exact) mass is 357 g/mol. The number of hydrogen-bond acceptors (Lipinski definition) is 3. The molecule has 0 radical (unpaired) electrons. The molecule has 1 atom stereocenters. The van der Waals surface area contributed by atoms with Crippen LogP contribution in [0, 0.1) is 5.92 Å². The number of carboxylic acids is 1. The SMILES string of the molecule is CC(C)[C@H](NC(=O)OCc1ccccc1)C(=O)O.[NH-]Cc1ccccc1. The fraction of sp³-hybridized carbons (Fsp3) is 0.300. The normalized spacial score (nSPS) is 11.1. The molecule has 26 heavy (non-hydrogen) atoms. The number of hydrogen-bond donors (Lipinski definition) is 2. The number of aliphatic carboxylic acids is 1. The smallest absolute Gasteiger partial charge is 0.408 e. The fourth-order valence-corrected chi connectivity index (χ4v) is 2.00. The van der Waals surface area contributed by atoms with Crippen LogP contribution in [0.4, 0.5) is 4.79 Å². The third-order valence-corrected chi connectivity index (χ3v) is 3.47. The van der Waals surface area contributed by atoms with E-state index in [2.05, 4.69) is 5.32 Å². The highest BCUT2D eigenvalue weighted by atomic mass is 16.5. The summed E-state index contributed by atoms with van der Waals surface area (Å²) in [5.41, 5.74) is 8.87. The topological polar surface area (TPSA) is 99.4 Å². The van der Waals surface area contributed by atoms with Crippen LogP contribution in [-0.2, 0) is 22.7 Å². The molecule has 0 saturated carbocycles. The maximum Gasteiger partial charge on any atom is 0.408 e. The van der Waals surface area contributed by atoms with Gasteiger partial charge < -0.3 is 20.9 Å². The maximum atomic E-state index is 11.4. The van der Waals surface area contributed by atoms with Gasteiger partial charge in [0.05, 0.1) is 0 Å². The molecule has 0 aliphatic heterocycles. The molecule has 2 aromatic rings. The lowest BCUT2D eigenvalue weighted by Crippen LogP contribution is -2.44. The second-order valence-electron chi connectivity index (χ2n) is 5.93. The van der Waals surface area contributed by atoms with Crippen molar-refractivity contribution < 1.29 is 19.4 Å². The highest BCUT2D eigenvalue weighted by Crippen LogP contribution is 2.04. The highest BCUT2D eigenvalue weighted by molar-refractivity contribution is 5.80. The molecule has 6 heteroatoms. The number of carbonyl (C=O) groups is 2. The predicted molar refractivity (Wildman–Crippen MR) is 100 cm³/mol. The minimum absolute atomic E-state index is 0.122. The van der Waals surface area contributed by atoms with Crippen LogP contribution in [0.25, 0.3) is 5.73 Å². The third kappa shape index (κ3) is 8.30. The molecule has 1 amide bonds. The second-order valence-corrected chi connectivity index (χ2v) is 5.93. The fourth-order valence-electron chi connectivity index (χ4n) is 2.00. The largest absolute Gasteiger partial charge is 0.674 e. The Hall–Kier alpha value is -2.86. The Kier molecular flexibility index (Phi) is 9.49. The first-order valence-corrected chi connectivity index (χ1v) is 8.32. The summed E-state index contributed by atoms with van der Waals surface area (Å²) in [6.07, 6.45) is -0.722. The lowest BCUT2D eigenvalue weighted by Gasteiger charge is -2.17. The summed E-state index contributed by atoms with van der Waals surface area (Å²) in [5.74, 6) is -1.27. The lowest BCUT2D eigenvalue weighted by molar-refractivity contribution is -0.140. The minimum atomic E-state index is -1.07. The Balaban J connectivity index is 0.000000350. The van der Waals surface area contributed by atoms with Crippen LogP contribution in [0.5, 0.6) is 0 Å². The average molecular weight is 357 g/mol. The van der Waals surface area contributed by atoms with Crippen molar-refractivity contribution in [2.75, 3.05) is 0 Å². The second kappa shape index (κ2) is 11.7. The summed E-state index contributed by atoms with van der Waals surface area (Å²) in [7, 11) is 0. The van der Waals surface area contributed by atoms with Crippen molar-refractivity contribution in [2.45, 2.75) is 33.0 Å². The van der Waals surface area contributed by atoms with Gasteiger partial charge in [-0.05, 0) is 11.5 Å². The van der Waals surface area contributed by atoms with E-state index in [1.807, 2.05) is 60.7 Å². The third-order valence-electron chi connectivity index (χ3n) is 3.47. The Morgan fingerprint density at radius 3 is 1.88 bits per heavy atom. The maximum absolute atomic E-state index is 11.4. The minimum Gasteiger partial charge on any atom is -0.674 e. The molecule has 6 nitrogen and oxygen atoms in total. The van der Waals surface area contributed by atoms with E-state index in [1.165, 1.54) is 0 Å². The summed E-state index contributed by atoms with van der Waals surface area (Å²) in [6.45, 7) is 3.95. The number of rotatable bonds is 6. The van der Waals surface area contributed by atoms with Gasteiger partial charge in [-0.15, -0.1) is 6.54 Å². The van der Waals surface area contributed by atoms with Gasteiger partial charge in [0.2, 0.25) is 0 Å². The molecule has 140 valence electrons. The number of carboxylic acid groups (broad SMARTS) is 1. The molecule has 0 heterocycles. The molecular formula is C20H25N2O4-. The van der Waals surface area contributed by atoms with Crippen molar-refractivity contribution in [3.8, 4) is 0 Å². The first-order valence-electron chi connectivity index (χ1n) is 8.32. The Morgan fingerprint density at radius 2 is 1.50 bits per heavy atom. The van der Waals surface area contributed by atoms with Gasteiger partial charge in [-0.1, -0.05) is 80.1 Å². The zero-order chi connectivity index (χ0) is 19.4. The van der Waals surface area contributed by atoms with E-state index in [1.54, 1.807) is 13.8 Å². The van der Waals surface area contributed by atoms with Crippen molar-refractivity contribution in [1.29, 1.82) is 0 Å². The molecule has 0 aliphatic carbocycles. The highest BCUT2D eigenvalue weighted by Gasteiger charge is 2.23. The number of ether oxygens (including phenoxy) is 1. The van der Waals surface area contributed by atoms with Crippen LogP contribution in [0.15, 0.2) is 60.7 Å². The average Bonchev–Trinajstić information content (AvgIpc) is 2.66. The zero-order valence-corrected chi connectivity index (χ0v) is 15.0. The number of amides is 1. The molecule has 0 aliphatic rings. The van der Waals surface area contributed by atoms with Crippen LogP contribution >= 0.6 is 0 Å². The van der Waals surface area contributed by atoms with Crippen molar-refractivity contribution in [3.05, 3.63) is 77.5 Å². The van der Waals surface area contributed by atoms with Gasteiger partial charge >= 0.3 is 12.1 Å². The lowest BCUT2D eigenvalue weighted by atomic mass is 10.1. The van der Waals surface area contributed by atoms with Crippen molar-refractivity contribution >= 4 is 12.1 Å². The molecule has 2 aromatic carbocycles. The molecule has 0 saturated heterocycles. The van der Waals surface area contributed by atoms with Gasteiger partial charge in [0, 0.05) is 0 Å². The van der Waals surface area contributed by atoms with Gasteiger partial charge in [-0.2, -0.15) is 0 Å². The van der Waals surface area contributed by atoms with Crippen molar-refractivity contribution in [3.63, 3.8) is 0 Å². The quantitative estimate of drug-likeness (QED) is 0.806.